The first-order valence-corrected chi connectivity index (χ1v) is 9.51. The highest BCUT2D eigenvalue weighted by Crippen LogP contribution is 2.33. The zero-order valence-corrected chi connectivity index (χ0v) is 16.5. The van der Waals surface area contributed by atoms with Crippen molar-refractivity contribution < 1.29 is 14.4 Å². The Bertz CT molecular complexity index is 1110. The minimum atomic E-state index is -0.402. The zero-order chi connectivity index (χ0) is 20.5. The predicted octanol–water partition coefficient (Wildman–Crippen LogP) is 4.98. The third-order valence-electron chi connectivity index (χ3n) is 4.56. The van der Waals surface area contributed by atoms with Gasteiger partial charge in [-0.1, -0.05) is 47.5 Å². The molecule has 5 nitrogen and oxygen atoms in total. The van der Waals surface area contributed by atoms with Crippen LogP contribution in [0.5, 0.6) is 0 Å². The number of hydrogen-bond acceptors (Lipinski definition) is 3. The van der Waals surface area contributed by atoms with Crippen molar-refractivity contribution in [3.05, 3.63) is 93.5 Å². The van der Waals surface area contributed by atoms with Crippen LogP contribution < -0.4 is 10.2 Å². The summed E-state index contributed by atoms with van der Waals surface area (Å²) in [6.07, 6.45) is 0.160. The van der Waals surface area contributed by atoms with E-state index in [1.165, 1.54) is 6.07 Å². The van der Waals surface area contributed by atoms with Gasteiger partial charge in [0.2, 0.25) is 5.91 Å². The minimum Gasteiger partial charge on any atom is -0.324 e. The van der Waals surface area contributed by atoms with E-state index in [9.17, 15) is 14.4 Å². The number of carbonyl (C=O) groups excluding carboxylic acids is 3. The van der Waals surface area contributed by atoms with Gasteiger partial charge in [-0.15, -0.1) is 0 Å². The number of fused-ring (bicyclic) bond motifs is 1. The first-order valence-electron chi connectivity index (χ1n) is 8.76. The summed E-state index contributed by atoms with van der Waals surface area (Å²) >= 11 is 12.1. The Hall–Kier alpha value is -3.15. The molecule has 1 heterocycles. The summed E-state index contributed by atoms with van der Waals surface area (Å²) in [4.78, 5) is 38.6. The minimum absolute atomic E-state index is 0.160. The maximum Gasteiger partial charge on any atom is 0.266 e. The van der Waals surface area contributed by atoms with Crippen LogP contribution in [0.25, 0.3) is 0 Å². The second kappa shape index (κ2) is 7.70. The van der Waals surface area contributed by atoms with E-state index in [2.05, 4.69) is 5.32 Å². The number of halogens is 2. The Morgan fingerprint density at radius 1 is 0.862 bits per heavy atom. The molecule has 0 aromatic heterocycles. The standard InChI is InChI=1S/C22H14Cl2N2O3/c23-14-7-5-13(6-8-14)11-20(27)25-19-10-9-15(12-18(19)24)26-21(28)16-3-1-2-4-17(16)22(26)29/h1-10,12H,11H2,(H,25,27). The van der Waals surface area contributed by atoms with Crippen LogP contribution in [-0.2, 0) is 11.2 Å². The van der Waals surface area contributed by atoms with E-state index in [-0.39, 0.29) is 17.4 Å². The van der Waals surface area contributed by atoms with Crippen molar-refractivity contribution in [3.8, 4) is 0 Å². The first kappa shape index (κ1) is 19.2. The lowest BCUT2D eigenvalue weighted by molar-refractivity contribution is -0.115. The highest BCUT2D eigenvalue weighted by atomic mass is 35.5. The smallest absolute Gasteiger partial charge is 0.266 e. The molecule has 1 N–H and O–H groups in total. The summed E-state index contributed by atoms with van der Waals surface area (Å²) in [5.41, 5.74) is 2.26. The number of imide groups is 1. The van der Waals surface area contributed by atoms with Crippen LogP contribution in [0.2, 0.25) is 10.0 Å². The van der Waals surface area contributed by atoms with Crippen LogP contribution in [0.1, 0.15) is 26.3 Å². The fraction of sp³-hybridized carbons (Fsp3) is 0.0455. The molecule has 0 saturated heterocycles. The van der Waals surface area contributed by atoms with E-state index in [0.717, 1.165) is 10.5 Å². The van der Waals surface area contributed by atoms with Gasteiger partial charge in [0.1, 0.15) is 0 Å². The van der Waals surface area contributed by atoms with Crippen LogP contribution in [0.15, 0.2) is 66.7 Å². The molecule has 0 spiro atoms. The number of amides is 3. The number of nitrogens with one attached hydrogen (secondary N) is 1. The molecule has 29 heavy (non-hydrogen) atoms. The molecule has 0 aliphatic carbocycles. The van der Waals surface area contributed by atoms with Crippen molar-refractivity contribution >= 4 is 52.3 Å². The van der Waals surface area contributed by atoms with Gasteiger partial charge in [-0.05, 0) is 48.0 Å². The molecule has 0 saturated carbocycles. The van der Waals surface area contributed by atoms with Crippen molar-refractivity contribution in [3.63, 3.8) is 0 Å². The van der Waals surface area contributed by atoms with Crippen LogP contribution in [-0.4, -0.2) is 17.7 Å². The van der Waals surface area contributed by atoms with E-state index in [1.54, 1.807) is 60.7 Å². The SMILES string of the molecule is O=C(Cc1ccc(Cl)cc1)Nc1ccc(N2C(=O)c3ccccc3C2=O)cc1Cl. The van der Waals surface area contributed by atoms with E-state index in [4.69, 9.17) is 23.2 Å². The normalized spacial score (nSPS) is 12.8. The fourth-order valence-corrected chi connectivity index (χ4v) is 3.50. The molecule has 1 aliphatic heterocycles. The largest absolute Gasteiger partial charge is 0.324 e. The molecule has 7 heteroatoms. The van der Waals surface area contributed by atoms with E-state index in [0.29, 0.717) is 27.5 Å². The summed E-state index contributed by atoms with van der Waals surface area (Å²) in [6.45, 7) is 0. The number of benzene rings is 3. The van der Waals surface area contributed by atoms with Gasteiger partial charge in [-0.3, -0.25) is 14.4 Å². The molecule has 1 aliphatic rings. The average molecular weight is 425 g/mol. The predicted molar refractivity (Wildman–Crippen MR) is 113 cm³/mol. The van der Waals surface area contributed by atoms with Crippen molar-refractivity contribution in [2.24, 2.45) is 0 Å². The van der Waals surface area contributed by atoms with Crippen molar-refractivity contribution in [1.82, 2.24) is 0 Å². The second-order valence-corrected chi connectivity index (χ2v) is 7.35. The fourth-order valence-electron chi connectivity index (χ4n) is 3.15. The Morgan fingerprint density at radius 2 is 1.48 bits per heavy atom. The quantitative estimate of drug-likeness (QED) is 0.600. The lowest BCUT2D eigenvalue weighted by atomic mass is 10.1. The van der Waals surface area contributed by atoms with Crippen LogP contribution >= 0.6 is 23.2 Å². The van der Waals surface area contributed by atoms with Gasteiger partial charge in [-0.2, -0.15) is 0 Å². The summed E-state index contributed by atoms with van der Waals surface area (Å²) < 4.78 is 0. The Morgan fingerprint density at radius 3 is 2.07 bits per heavy atom. The van der Waals surface area contributed by atoms with E-state index < -0.39 is 11.8 Å². The molecule has 3 aromatic rings. The second-order valence-electron chi connectivity index (χ2n) is 6.51. The third kappa shape index (κ3) is 3.75. The molecule has 0 bridgehead atoms. The van der Waals surface area contributed by atoms with Gasteiger partial charge in [0.25, 0.3) is 11.8 Å². The van der Waals surface area contributed by atoms with E-state index >= 15 is 0 Å². The highest BCUT2D eigenvalue weighted by molar-refractivity contribution is 6.36. The van der Waals surface area contributed by atoms with Crippen molar-refractivity contribution in [2.45, 2.75) is 6.42 Å². The van der Waals surface area contributed by atoms with Gasteiger partial charge in [0.05, 0.1) is 33.9 Å². The van der Waals surface area contributed by atoms with E-state index in [1.807, 2.05) is 0 Å². The molecule has 0 fully saturated rings. The highest BCUT2D eigenvalue weighted by Gasteiger charge is 2.36. The van der Waals surface area contributed by atoms with Crippen LogP contribution in [0.4, 0.5) is 11.4 Å². The summed E-state index contributed by atoms with van der Waals surface area (Å²) in [5.74, 6) is -1.05. The Labute approximate surface area is 176 Å². The zero-order valence-electron chi connectivity index (χ0n) is 15.0. The molecule has 4 rings (SSSR count). The van der Waals surface area contributed by atoms with Crippen LogP contribution in [0, 0.1) is 0 Å². The lowest BCUT2D eigenvalue weighted by Crippen LogP contribution is -2.29. The maximum absolute atomic E-state index is 12.6. The monoisotopic (exact) mass is 424 g/mol. The Kier molecular flexibility index (Phi) is 5.09. The number of rotatable bonds is 4. The summed E-state index contributed by atoms with van der Waals surface area (Å²) in [5, 5.41) is 3.56. The Balaban J connectivity index is 1.51. The molecule has 3 amide bonds. The molecule has 0 atom stereocenters. The van der Waals surface area contributed by atoms with Gasteiger partial charge < -0.3 is 5.32 Å². The number of hydrogen-bond donors (Lipinski definition) is 1. The molecule has 3 aromatic carbocycles. The van der Waals surface area contributed by atoms with Gasteiger partial charge in [0, 0.05) is 5.02 Å². The third-order valence-corrected chi connectivity index (χ3v) is 5.12. The van der Waals surface area contributed by atoms with Gasteiger partial charge in [0.15, 0.2) is 0 Å². The van der Waals surface area contributed by atoms with Crippen molar-refractivity contribution in [1.29, 1.82) is 0 Å². The average Bonchev–Trinajstić information content (AvgIpc) is 2.96. The number of anilines is 2. The lowest BCUT2D eigenvalue weighted by Gasteiger charge is -2.16. The number of nitrogens with zero attached hydrogens (tertiary/aromatic N) is 1. The topological polar surface area (TPSA) is 66.5 Å². The van der Waals surface area contributed by atoms with Crippen LogP contribution in [0.3, 0.4) is 0 Å². The maximum atomic E-state index is 12.6. The van der Waals surface area contributed by atoms with Gasteiger partial charge in [-0.25, -0.2) is 4.90 Å². The summed E-state index contributed by atoms with van der Waals surface area (Å²) in [7, 11) is 0. The summed E-state index contributed by atoms with van der Waals surface area (Å²) in [6, 6.07) is 18.3. The van der Waals surface area contributed by atoms with Gasteiger partial charge >= 0.3 is 0 Å². The molecule has 0 unspecified atom stereocenters. The molecule has 144 valence electrons. The van der Waals surface area contributed by atoms with Crippen molar-refractivity contribution in [2.75, 3.05) is 10.2 Å². The molecular formula is C22H14Cl2N2O3. The molecule has 0 radical (unpaired) electrons. The first-order chi connectivity index (χ1) is 13.9. The molecular weight excluding hydrogens is 411 g/mol. The number of carbonyl (C=O) groups is 3.